The minimum Gasteiger partial charge on any atom is -0.458 e. The van der Waals surface area contributed by atoms with Gasteiger partial charge in [-0.3, -0.25) is 9.69 Å². The number of carbonyl (C=O) groups excluding carboxylic acids is 1. The van der Waals surface area contributed by atoms with Crippen molar-refractivity contribution in [2.75, 3.05) is 13.1 Å². The zero-order valence-corrected chi connectivity index (χ0v) is 19.5. The van der Waals surface area contributed by atoms with Crippen LogP contribution in [0.2, 0.25) is 5.02 Å². The maximum absolute atomic E-state index is 13.5. The van der Waals surface area contributed by atoms with Gasteiger partial charge in [0.05, 0.1) is 11.3 Å². The third-order valence-electron chi connectivity index (χ3n) is 5.48. The maximum atomic E-state index is 13.5. The van der Waals surface area contributed by atoms with E-state index in [4.69, 9.17) is 21.8 Å². The number of nitrogens with two attached hydrogens (primary N) is 1. The van der Waals surface area contributed by atoms with Crippen LogP contribution in [0.4, 0.5) is 0 Å². The number of benzene rings is 1. The number of rotatable bonds is 5. The molecule has 0 radical (unpaired) electrons. The van der Waals surface area contributed by atoms with Gasteiger partial charge in [-0.2, -0.15) is 5.26 Å². The second-order valence-electron chi connectivity index (χ2n) is 7.28. The molecule has 2 aliphatic rings. The molecular weight excluding hydrogens is 446 g/mol. The van der Waals surface area contributed by atoms with Gasteiger partial charge in [0.1, 0.15) is 34.4 Å². The molecule has 32 heavy (non-hydrogen) atoms. The number of furan rings is 1. The minimum atomic E-state index is -0.630. The lowest BCUT2D eigenvalue weighted by Crippen LogP contribution is -2.42. The first kappa shape index (κ1) is 22.1. The Labute approximate surface area is 195 Å². The molecule has 9 heteroatoms. The number of nitriles is 1. The standard InChI is InChI=1S/C23H22ClN5O2S/c1-4-28(5-2)22(30)19-13(3)27-23-29(21(26)18(12-25)32-23)20(19)17-11-10-16(31-17)14-6-8-15(24)9-7-14/h6-11,20H,4-5,26H2,1-3H3/t20-/m0/s1. The van der Waals surface area contributed by atoms with E-state index in [0.717, 1.165) is 5.56 Å². The van der Waals surface area contributed by atoms with Crippen LogP contribution in [0, 0.1) is 11.3 Å². The molecule has 2 N–H and O–H groups in total. The Balaban J connectivity index is 1.84. The van der Waals surface area contributed by atoms with Crippen molar-refractivity contribution in [3.8, 4) is 17.4 Å². The third kappa shape index (κ3) is 3.68. The first-order valence-electron chi connectivity index (χ1n) is 10.2. The van der Waals surface area contributed by atoms with Crippen molar-refractivity contribution < 1.29 is 9.21 Å². The summed E-state index contributed by atoms with van der Waals surface area (Å²) in [5.74, 6) is 1.32. The Kier molecular flexibility index (Phi) is 6.04. The van der Waals surface area contributed by atoms with E-state index in [1.165, 1.54) is 11.8 Å². The Morgan fingerprint density at radius 2 is 1.97 bits per heavy atom. The van der Waals surface area contributed by atoms with Gasteiger partial charge in [-0.25, -0.2) is 4.99 Å². The number of likely N-dealkylation sites (N-methyl/N-ethyl adjacent to an activating group) is 1. The van der Waals surface area contributed by atoms with E-state index in [0.29, 0.717) is 51.0 Å². The molecule has 1 amide bonds. The highest BCUT2D eigenvalue weighted by molar-refractivity contribution is 8.17. The number of amidine groups is 1. The van der Waals surface area contributed by atoms with Gasteiger partial charge in [-0.15, -0.1) is 0 Å². The summed E-state index contributed by atoms with van der Waals surface area (Å²) < 4.78 is 6.24. The molecular formula is C23H22ClN5O2S. The maximum Gasteiger partial charge on any atom is 0.254 e. The summed E-state index contributed by atoms with van der Waals surface area (Å²) in [5, 5.41) is 10.7. The van der Waals surface area contributed by atoms with Crippen LogP contribution in [0.25, 0.3) is 11.3 Å². The van der Waals surface area contributed by atoms with Crippen LogP contribution in [0.3, 0.4) is 0 Å². The summed E-state index contributed by atoms with van der Waals surface area (Å²) in [6, 6.07) is 12.5. The fourth-order valence-corrected chi connectivity index (χ4v) is 4.88. The van der Waals surface area contributed by atoms with E-state index in [-0.39, 0.29) is 11.7 Å². The monoisotopic (exact) mass is 467 g/mol. The summed E-state index contributed by atoms with van der Waals surface area (Å²) in [5.41, 5.74) is 8.26. The molecule has 1 aromatic heterocycles. The molecule has 164 valence electrons. The lowest BCUT2D eigenvalue weighted by molar-refractivity contribution is -0.127. The van der Waals surface area contributed by atoms with E-state index in [2.05, 4.69) is 11.1 Å². The Morgan fingerprint density at radius 3 is 2.59 bits per heavy atom. The van der Waals surface area contributed by atoms with Gasteiger partial charge in [-0.05, 0) is 68.9 Å². The molecule has 2 aliphatic heterocycles. The summed E-state index contributed by atoms with van der Waals surface area (Å²) in [6.45, 7) is 6.80. The Morgan fingerprint density at radius 1 is 1.28 bits per heavy atom. The molecule has 0 fully saturated rings. The van der Waals surface area contributed by atoms with Crippen LogP contribution in [-0.4, -0.2) is 34.0 Å². The second kappa shape index (κ2) is 8.77. The lowest BCUT2D eigenvalue weighted by Gasteiger charge is -2.35. The van der Waals surface area contributed by atoms with Crippen molar-refractivity contribution in [1.29, 1.82) is 5.26 Å². The average Bonchev–Trinajstić information content (AvgIpc) is 3.39. The first-order chi connectivity index (χ1) is 15.4. The van der Waals surface area contributed by atoms with Gasteiger partial charge >= 0.3 is 0 Å². The summed E-state index contributed by atoms with van der Waals surface area (Å²) in [6.07, 6.45) is 0. The lowest BCUT2D eigenvalue weighted by atomic mass is 9.98. The average molecular weight is 468 g/mol. The fourth-order valence-electron chi connectivity index (χ4n) is 3.83. The van der Waals surface area contributed by atoms with Gasteiger partial charge in [0, 0.05) is 23.7 Å². The number of aliphatic imine (C=N–C) groups is 1. The number of carbonyl (C=O) groups is 1. The van der Waals surface area contributed by atoms with Crippen molar-refractivity contribution >= 4 is 34.4 Å². The highest BCUT2D eigenvalue weighted by atomic mass is 35.5. The predicted octanol–water partition coefficient (Wildman–Crippen LogP) is 4.85. The van der Waals surface area contributed by atoms with Crippen LogP contribution < -0.4 is 5.73 Å². The third-order valence-corrected chi connectivity index (χ3v) is 6.71. The summed E-state index contributed by atoms with van der Waals surface area (Å²) in [7, 11) is 0. The molecule has 3 heterocycles. The fraction of sp³-hybridized carbons (Fsp3) is 0.261. The smallest absolute Gasteiger partial charge is 0.254 e. The number of nitrogens with zero attached hydrogens (tertiary/aromatic N) is 4. The first-order valence-corrected chi connectivity index (χ1v) is 11.4. The van der Waals surface area contributed by atoms with E-state index < -0.39 is 6.04 Å². The highest BCUT2D eigenvalue weighted by Gasteiger charge is 2.44. The van der Waals surface area contributed by atoms with Crippen molar-refractivity contribution in [3.63, 3.8) is 0 Å². The molecule has 7 nitrogen and oxygen atoms in total. The summed E-state index contributed by atoms with van der Waals surface area (Å²) >= 11 is 7.21. The van der Waals surface area contributed by atoms with Crippen molar-refractivity contribution in [1.82, 2.24) is 9.80 Å². The van der Waals surface area contributed by atoms with E-state index in [1.807, 2.05) is 38.1 Å². The molecule has 0 saturated carbocycles. The van der Waals surface area contributed by atoms with Crippen molar-refractivity contribution in [2.45, 2.75) is 26.8 Å². The topological polar surface area (TPSA) is 98.9 Å². The number of allylic oxidation sites excluding steroid dienone is 2. The second-order valence-corrected chi connectivity index (χ2v) is 8.69. The van der Waals surface area contributed by atoms with Crippen LogP contribution >= 0.6 is 23.4 Å². The molecule has 0 unspecified atom stereocenters. The predicted molar refractivity (Wildman–Crippen MR) is 126 cm³/mol. The molecule has 4 rings (SSSR count). The number of amides is 1. The van der Waals surface area contributed by atoms with Gasteiger partial charge < -0.3 is 15.1 Å². The van der Waals surface area contributed by atoms with Gasteiger partial charge in [0.25, 0.3) is 5.91 Å². The van der Waals surface area contributed by atoms with E-state index in [1.54, 1.807) is 28.9 Å². The highest BCUT2D eigenvalue weighted by Crippen LogP contribution is 2.46. The molecule has 2 aromatic rings. The van der Waals surface area contributed by atoms with Crippen LogP contribution in [0.15, 0.2) is 67.8 Å². The molecule has 1 aromatic carbocycles. The number of thioether (sulfide) groups is 1. The Hall–Kier alpha value is -3.15. The van der Waals surface area contributed by atoms with Crippen LogP contribution in [0.1, 0.15) is 32.6 Å². The number of hydrogen-bond donors (Lipinski definition) is 1. The van der Waals surface area contributed by atoms with Crippen molar-refractivity contribution in [3.05, 3.63) is 69.2 Å². The largest absolute Gasteiger partial charge is 0.458 e. The zero-order valence-electron chi connectivity index (χ0n) is 17.9. The van der Waals surface area contributed by atoms with Gasteiger partial charge in [-0.1, -0.05) is 11.6 Å². The summed E-state index contributed by atoms with van der Waals surface area (Å²) in [4.78, 5) is 21.9. The molecule has 0 saturated heterocycles. The Bertz CT molecular complexity index is 1200. The number of fused-ring (bicyclic) bond motifs is 1. The quantitative estimate of drug-likeness (QED) is 0.674. The van der Waals surface area contributed by atoms with E-state index in [9.17, 15) is 10.1 Å². The van der Waals surface area contributed by atoms with Crippen molar-refractivity contribution in [2.24, 2.45) is 10.7 Å². The molecule has 0 aliphatic carbocycles. The van der Waals surface area contributed by atoms with E-state index >= 15 is 0 Å². The molecule has 0 spiro atoms. The SMILES string of the molecule is CCN(CC)C(=O)C1=C(C)N=C2SC(C#N)=C(N)N2[C@H]1c1ccc(-c2ccc(Cl)cc2)o1. The van der Waals surface area contributed by atoms with Gasteiger partial charge in [0.2, 0.25) is 0 Å². The molecule has 0 bridgehead atoms. The number of hydrogen-bond acceptors (Lipinski definition) is 7. The van der Waals surface area contributed by atoms with Crippen LogP contribution in [-0.2, 0) is 4.79 Å². The zero-order chi connectivity index (χ0) is 23.0. The van der Waals surface area contributed by atoms with Gasteiger partial charge in [0.15, 0.2) is 5.17 Å². The normalized spacial score (nSPS) is 17.9. The number of halogens is 1. The minimum absolute atomic E-state index is 0.132. The molecule has 1 atom stereocenters. The van der Waals surface area contributed by atoms with Crippen LogP contribution in [0.5, 0.6) is 0 Å².